The molecule has 1 aliphatic rings. The van der Waals surface area contributed by atoms with Crippen molar-refractivity contribution in [2.24, 2.45) is 10.2 Å². The molecule has 128 valence electrons. The molecule has 0 aromatic heterocycles. The smallest absolute Gasteiger partial charge is 0.242 e. The van der Waals surface area contributed by atoms with Crippen molar-refractivity contribution >= 4 is 29.1 Å². The second kappa shape index (κ2) is 7.98. The van der Waals surface area contributed by atoms with E-state index in [2.05, 4.69) is 10.2 Å². The Balaban J connectivity index is 1.74. The molecule has 1 saturated heterocycles. The highest BCUT2D eigenvalue weighted by molar-refractivity contribution is 8.15. The number of carbonyl (C=O) groups is 1. The molecule has 25 heavy (non-hydrogen) atoms. The van der Waals surface area contributed by atoms with Gasteiger partial charge in [0.15, 0.2) is 5.17 Å². The lowest BCUT2D eigenvalue weighted by Gasteiger charge is -2.15. The number of hydrogen-bond acceptors (Lipinski definition) is 5. The van der Waals surface area contributed by atoms with E-state index in [1.54, 1.807) is 18.2 Å². The number of rotatable bonds is 5. The lowest BCUT2D eigenvalue weighted by Crippen LogP contribution is -2.30. The highest BCUT2D eigenvalue weighted by Crippen LogP contribution is 2.28. The van der Waals surface area contributed by atoms with Gasteiger partial charge in [0, 0.05) is 0 Å². The van der Waals surface area contributed by atoms with Crippen LogP contribution in [0.1, 0.15) is 18.1 Å². The maximum atomic E-state index is 12.4. The van der Waals surface area contributed by atoms with Gasteiger partial charge < -0.3 is 4.74 Å². The van der Waals surface area contributed by atoms with Gasteiger partial charge >= 0.3 is 0 Å². The molecule has 5 nitrogen and oxygen atoms in total. The Kier molecular flexibility index (Phi) is 5.50. The van der Waals surface area contributed by atoms with Gasteiger partial charge in [-0.05, 0) is 42.3 Å². The van der Waals surface area contributed by atoms with E-state index in [1.165, 1.54) is 11.8 Å². The molecule has 1 fully saturated rings. The highest BCUT2D eigenvalue weighted by atomic mass is 32.2. The fourth-order valence-corrected chi connectivity index (χ4v) is 3.33. The molecule has 6 heteroatoms. The van der Waals surface area contributed by atoms with Gasteiger partial charge in [-0.1, -0.05) is 42.1 Å². The molecule has 0 N–H and O–H groups in total. The van der Waals surface area contributed by atoms with Gasteiger partial charge in [-0.25, -0.2) is 0 Å². The molecule has 0 unspecified atom stereocenters. The SMILES string of the molecule is COc1ccc(/C=N\N=C2/S[C@@H](C)C(=O)N2Cc2ccccc2)cc1. The minimum atomic E-state index is -0.140. The summed E-state index contributed by atoms with van der Waals surface area (Å²) < 4.78 is 5.13. The Morgan fingerprint density at radius 2 is 1.88 bits per heavy atom. The number of thioether (sulfide) groups is 1. The number of amides is 1. The molecule has 2 aromatic rings. The summed E-state index contributed by atoms with van der Waals surface area (Å²) in [6, 6.07) is 17.4. The van der Waals surface area contributed by atoms with Crippen LogP contribution in [-0.2, 0) is 11.3 Å². The molecular weight excluding hydrogens is 334 g/mol. The van der Waals surface area contributed by atoms with E-state index in [0.29, 0.717) is 11.7 Å². The quantitative estimate of drug-likeness (QED) is 0.610. The predicted octanol–water partition coefficient (Wildman–Crippen LogP) is 3.55. The molecule has 0 bridgehead atoms. The summed E-state index contributed by atoms with van der Waals surface area (Å²) >= 11 is 1.43. The van der Waals surface area contributed by atoms with Gasteiger partial charge in [0.25, 0.3) is 0 Å². The van der Waals surface area contributed by atoms with Crippen LogP contribution in [0.4, 0.5) is 0 Å². The zero-order chi connectivity index (χ0) is 17.6. The van der Waals surface area contributed by atoms with Crippen molar-refractivity contribution in [3.63, 3.8) is 0 Å². The first kappa shape index (κ1) is 17.2. The molecule has 1 atom stereocenters. The Morgan fingerprint density at radius 3 is 2.56 bits per heavy atom. The zero-order valence-electron chi connectivity index (χ0n) is 14.1. The van der Waals surface area contributed by atoms with E-state index in [4.69, 9.17) is 4.74 Å². The Labute approximate surface area is 151 Å². The summed E-state index contributed by atoms with van der Waals surface area (Å²) in [7, 11) is 1.63. The number of nitrogens with zero attached hydrogens (tertiary/aromatic N) is 3. The second-order valence-electron chi connectivity index (χ2n) is 5.57. The molecule has 0 spiro atoms. The molecule has 0 saturated carbocycles. The van der Waals surface area contributed by atoms with Crippen LogP contribution in [0.5, 0.6) is 5.75 Å². The van der Waals surface area contributed by atoms with E-state index in [-0.39, 0.29) is 11.2 Å². The van der Waals surface area contributed by atoms with E-state index in [0.717, 1.165) is 16.9 Å². The molecule has 0 radical (unpaired) electrons. The average molecular weight is 353 g/mol. The van der Waals surface area contributed by atoms with Crippen molar-refractivity contribution in [1.82, 2.24) is 4.90 Å². The van der Waals surface area contributed by atoms with Crippen molar-refractivity contribution in [3.05, 3.63) is 65.7 Å². The Bertz CT molecular complexity index is 788. The highest BCUT2D eigenvalue weighted by Gasteiger charge is 2.35. The van der Waals surface area contributed by atoms with Gasteiger partial charge in [-0.3, -0.25) is 9.69 Å². The lowest BCUT2D eigenvalue weighted by atomic mass is 10.2. The second-order valence-corrected chi connectivity index (χ2v) is 6.88. The average Bonchev–Trinajstić information content (AvgIpc) is 2.91. The van der Waals surface area contributed by atoms with Crippen LogP contribution in [0.2, 0.25) is 0 Å². The maximum Gasteiger partial charge on any atom is 0.242 e. The standard InChI is InChI=1S/C19H19N3O2S/c1-14-18(23)22(13-16-6-4-3-5-7-16)19(25-14)21-20-12-15-8-10-17(24-2)11-9-15/h3-12,14H,13H2,1-2H3/b20-12-,21-19-/t14-/m0/s1. The monoisotopic (exact) mass is 353 g/mol. The first-order valence-electron chi connectivity index (χ1n) is 7.94. The molecule has 1 aliphatic heterocycles. The number of amidine groups is 1. The van der Waals surface area contributed by atoms with Crippen LogP contribution in [0, 0.1) is 0 Å². The summed E-state index contributed by atoms with van der Waals surface area (Å²) in [4.78, 5) is 14.1. The van der Waals surface area contributed by atoms with E-state index in [1.807, 2.05) is 61.5 Å². The summed E-state index contributed by atoms with van der Waals surface area (Å²) in [6.45, 7) is 2.40. The van der Waals surface area contributed by atoms with Crippen molar-refractivity contribution in [2.45, 2.75) is 18.7 Å². The van der Waals surface area contributed by atoms with Crippen molar-refractivity contribution in [2.75, 3.05) is 7.11 Å². The van der Waals surface area contributed by atoms with Crippen LogP contribution in [-0.4, -0.2) is 34.5 Å². The van der Waals surface area contributed by atoms with E-state index < -0.39 is 0 Å². The van der Waals surface area contributed by atoms with E-state index >= 15 is 0 Å². The van der Waals surface area contributed by atoms with Crippen molar-refractivity contribution in [3.8, 4) is 5.75 Å². The fourth-order valence-electron chi connectivity index (χ4n) is 2.41. The summed E-state index contributed by atoms with van der Waals surface area (Å²) in [5.41, 5.74) is 1.99. The molecule has 3 rings (SSSR count). The summed E-state index contributed by atoms with van der Waals surface area (Å²) in [6.07, 6.45) is 1.67. The van der Waals surface area contributed by atoms with Crippen LogP contribution in [0.3, 0.4) is 0 Å². The van der Waals surface area contributed by atoms with Gasteiger partial charge in [-0.15, -0.1) is 5.10 Å². The Hall–Kier alpha value is -2.60. The minimum absolute atomic E-state index is 0.0623. The molecule has 2 aromatic carbocycles. The van der Waals surface area contributed by atoms with Crippen LogP contribution in [0.25, 0.3) is 0 Å². The third-order valence-corrected chi connectivity index (χ3v) is 4.84. The van der Waals surface area contributed by atoms with E-state index in [9.17, 15) is 4.79 Å². The van der Waals surface area contributed by atoms with Gasteiger partial charge in [0.2, 0.25) is 5.91 Å². The first-order valence-corrected chi connectivity index (χ1v) is 8.82. The number of ether oxygens (including phenoxy) is 1. The maximum absolute atomic E-state index is 12.4. The van der Waals surface area contributed by atoms with Gasteiger partial charge in [-0.2, -0.15) is 5.10 Å². The minimum Gasteiger partial charge on any atom is -0.497 e. The van der Waals surface area contributed by atoms with Crippen LogP contribution < -0.4 is 4.74 Å². The lowest BCUT2D eigenvalue weighted by molar-refractivity contribution is -0.126. The van der Waals surface area contributed by atoms with Crippen molar-refractivity contribution < 1.29 is 9.53 Å². The van der Waals surface area contributed by atoms with Gasteiger partial charge in [0.1, 0.15) is 5.75 Å². The number of hydrogen-bond donors (Lipinski definition) is 0. The third kappa shape index (κ3) is 4.28. The normalized spacial score (nSPS) is 19.1. The first-order chi connectivity index (χ1) is 12.2. The number of benzene rings is 2. The van der Waals surface area contributed by atoms with Crippen molar-refractivity contribution in [1.29, 1.82) is 0 Å². The summed E-state index contributed by atoms with van der Waals surface area (Å²) in [5, 5.41) is 8.90. The van der Waals surface area contributed by atoms with Crippen LogP contribution >= 0.6 is 11.8 Å². The largest absolute Gasteiger partial charge is 0.497 e. The Morgan fingerprint density at radius 1 is 1.16 bits per heavy atom. The van der Waals surface area contributed by atoms with Gasteiger partial charge in [0.05, 0.1) is 25.1 Å². The molecule has 1 amide bonds. The number of methoxy groups -OCH3 is 1. The molecule has 0 aliphatic carbocycles. The molecular formula is C19H19N3O2S. The predicted molar refractivity (Wildman–Crippen MR) is 102 cm³/mol. The van der Waals surface area contributed by atoms with Crippen LogP contribution in [0.15, 0.2) is 64.8 Å². The topological polar surface area (TPSA) is 54.3 Å². The third-order valence-electron chi connectivity index (χ3n) is 3.78. The summed E-state index contributed by atoms with van der Waals surface area (Å²) in [5.74, 6) is 0.857. The fraction of sp³-hybridized carbons (Fsp3) is 0.211. The number of carbonyl (C=O) groups excluding carboxylic acids is 1. The molecule has 1 heterocycles. The zero-order valence-corrected chi connectivity index (χ0v) is 14.9.